The van der Waals surface area contributed by atoms with Crippen LogP contribution in [0.2, 0.25) is 0 Å². The van der Waals surface area contributed by atoms with Crippen molar-refractivity contribution in [3.8, 4) is 22.4 Å². The van der Waals surface area contributed by atoms with Gasteiger partial charge in [-0.3, -0.25) is 4.98 Å². The molecule has 0 unspecified atom stereocenters. The third-order valence-electron chi connectivity index (χ3n) is 5.88. The molecule has 0 saturated carbocycles. The molecular formula is C29H24N2. The molecule has 5 rings (SSSR count). The van der Waals surface area contributed by atoms with Gasteiger partial charge < -0.3 is 4.90 Å². The molecule has 0 spiro atoms. The molecule has 0 radical (unpaired) electrons. The van der Waals surface area contributed by atoms with Crippen LogP contribution in [0.1, 0.15) is 5.56 Å². The highest BCUT2D eigenvalue weighted by molar-refractivity contribution is 5.96. The van der Waals surface area contributed by atoms with Crippen LogP contribution in [-0.4, -0.2) is 12.0 Å². The van der Waals surface area contributed by atoms with Crippen molar-refractivity contribution < 1.29 is 0 Å². The average Bonchev–Trinajstić information content (AvgIpc) is 2.84. The van der Waals surface area contributed by atoms with Gasteiger partial charge in [0.2, 0.25) is 0 Å². The molecule has 31 heavy (non-hydrogen) atoms. The van der Waals surface area contributed by atoms with Crippen LogP contribution >= 0.6 is 0 Å². The summed E-state index contributed by atoms with van der Waals surface area (Å²) >= 11 is 0. The Bertz CT molecular complexity index is 1330. The number of pyridine rings is 1. The lowest BCUT2D eigenvalue weighted by Gasteiger charge is -2.24. The van der Waals surface area contributed by atoms with Gasteiger partial charge in [-0.25, -0.2) is 0 Å². The van der Waals surface area contributed by atoms with Gasteiger partial charge in [0, 0.05) is 35.6 Å². The first-order valence-electron chi connectivity index (χ1n) is 10.5. The Labute approximate surface area is 183 Å². The summed E-state index contributed by atoms with van der Waals surface area (Å²) in [5, 5.41) is 2.52. The highest BCUT2D eigenvalue weighted by Gasteiger charge is 2.12. The van der Waals surface area contributed by atoms with Crippen molar-refractivity contribution in [2.75, 3.05) is 11.9 Å². The Balaban J connectivity index is 1.52. The van der Waals surface area contributed by atoms with Gasteiger partial charge in [0.05, 0.1) is 5.69 Å². The SMILES string of the molecule is Cc1ccc(-c2ccc(-c3ccccn3)cc2)cc1N(C)c1cccc2ccccc12. The van der Waals surface area contributed by atoms with E-state index >= 15 is 0 Å². The van der Waals surface area contributed by atoms with E-state index in [1.54, 1.807) is 0 Å². The molecule has 0 aliphatic carbocycles. The van der Waals surface area contributed by atoms with Crippen LogP contribution in [0.3, 0.4) is 0 Å². The van der Waals surface area contributed by atoms with Crippen LogP contribution in [0.25, 0.3) is 33.2 Å². The van der Waals surface area contributed by atoms with Crippen LogP contribution in [-0.2, 0) is 0 Å². The molecule has 4 aromatic carbocycles. The molecule has 2 nitrogen and oxygen atoms in total. The van der Waals surface area contributed by atoms with Crippen LogP contribution in [0.4, 0.5) is 11.4 Å². The summed E-state index contributed by atoms with van der Waals surface area (Å²) in [5.74, 6) is 0. The minimum Gasteiger partial charge on any atom is -0.344 e. The van der Waals surface area contributed by atoms with Crippen molar-refractivity contribution in [2.24, 2.45) is 0 Å². The van der Waals surface area contributed by atoms with Crippen molar-refractivity contribution >= 4 is 22.1 Å². The highest BCUT2D eigenvalue weighted by atomic mass is 15.1. The molecule has 0 fully saturated rings. The van der Waals surface area contributed by atoms with E-state index in [9.17, 15) is 0 Å². The van der Waals surface area contributed by atoms with Gasteiger partial charge in [0.25, 0.3) is 0 Å². The quantitative estimate of drug-likeness (QED) is 0.308. The molecule has 150 valence electrons. The van der Waals surface area contributed by atoms with E-state index in [1.807, 2.05) is 24.4 Å². The second-order valence-electron chi connectivity index (χ2n) is 7.85. The van der Waals surface area contributed by atoms with E-state index in [0.717, 1.165) is 11.3 Å². The molecule has 0 amide bonds. The maximum atomic E-state index is 4.45. The van der Waals surface area contributed by atoms with Gasteiger partial charge in [0.1, 0.15) is 0 Å². The minimum absolute atomic E-state index is 0.995. The van der Waals surface area contributed by atoms with Gasteiger partial charge in [-0.1, -0.05) is 78.9 Å². The number of aryl methyl sites for hydroxylation is 1. The van der Waals surface area contributed by atoms with E-state index in [1.165, 1.54) is 38.8 Å². The highest BCUT2D eigenvalue weighted by Crippen LogP contribution is 2.35. The predicted octanol–water partition coefficient (Wildman–Crippen LogP) is 7.65. The number of benzene rings is 4. The Morgan fingerprint density at radius 2 is 1.32 bits per heavy atom. The summed E-state index contributed by atoms with van der Waals surface area (Å²) in [6, 6.07) is 36.4. The fraction of sp³-hybridized carbons (Fsp3) is 0.0690. The van der Waals surface area contributed by atoms with Crippen molar-refractivity contribution in [3.63, 3.8) is 0 Å². The fourth-order valence-corrected chi connectivity index (χ4v) is 4.15. The number of rotatable bonds is 4. The van der Waals surface area contributed by atoms with E-state index in [-0.39, 0.29) is 0 Å². The number of hydrogen-bond donors (Lipinski definition) is 0. The van der Waals surface area contributed by atoms with E-state index < -0.39 is 0 Å². The van der Waals surface area contributed by atoms with Crippen molar-refractivity contribution in [1.82, 2.24) is 4.98 Å². The van der Waals surface area contributed by atoms with Crippen LogP contribution in [0.5, 0.6) is 0 Å². The summed E-state index contributed by atoms with van der Waals surface area (Å²) in [7, 11) is 2.15. The van der Waals surface area contributed by atoms with E-state index in [0.29, 0.717) is 0 Å². The van der Waals surface area contributed by atoms with Gasteiger partial charge in [-0.2, -0.15) is 0 Å². The van der Waals surface area contributed by atoms with Crippen molar-refractivity contribution in [3.05, 3.63) is 115 Å². The molecule has 1 aromatic heterocycles. The van der Waals surface area contributed by atoms with Crippen molar-refractivity contribution in [1.29, 1.82) is 0 Å². The third-order valence-corrected chi connectivity index (χ3v) is 5.88. The topological polar surface area (TPSA) is 16.1 Å². The second kappa shape index (κ2) is 8.08. The third kappa shape index (κ3) is 3.69. The maximum absolute atomic E-state index is 4.45. The molecule has 0 atom stereocenters. The molecule has 0 bridgehead atoms. The number of aromatic nitrogens is 1. The molecule has 0 aliphatic heterocycles. The van der Waals surface area contributed by atoms with Crippen LogP contribution < -0.4 is 4.90 Å². The number of nitrogens with zero attached hydrogens (tertiary/aromatic N) is 2. The zero-order valence-electron chi connectivity index (χ0n) is 17.8. The van der Waals surface area contributed by atoms with E-state index in [2.05, 4.69) is 109 Å². The number of hydrogen-bond acceptors (Lipinski definition) is 2. The van der Waals surface area contributed by atoms with Crippen LogP contribution in [0, 0.1) is 6.92 Å². The van der Waals surface area contributed by atoms with Gasteiger partial charge in [-0.05, 0) is 53.3 Å². The Kier molecular flexibility index (Phi) is 4.97. The Hall–Kier alpha value is -3.91. The fourth-order valence-electron chi connectivity index (χ4n) is 4.15. The Morgan fingerprint density at radius 1 is 0.613 bits per heavy atom. The Morgan fingerprint density at radius 3 is 2.13 bits per heavy atom. The van der Waals surface area contributed by atoms with Crippen molar-refractivity contribution in [2.45, 2.75) is 6.92 Å². The second-order valence-corrected chi connectivity index (χ2v) is 7.85. The lowest BCUT2D eigenvalue weighted by Crippen LogP contribution is -2.11. The minimum atomic E-state index is 0.995. The molecule has 2 heteroatoms. The first-order valence-corrected chi connectivity index (χ1v) is 10.5. The molecule has 0 aliphatic rings. The summed E-state index contributed by atoms with van der Waals surface area (Å²) in [6.07, 6.45) is 1.83. The maximum Gasteiger partial charge on any atom is 0.0701 e. The monoisotopic (exact) mass is 400 g/mol. The summed E-state index contributed by atoms with van der Waals surface area (Å²) in [5.41, 5.74) is 8.21. The van der Waals surface area contributed by atoms with Gasteiger partial charge in [0.15, 0.2) is 0 Å². The average molecular weight is 401 g/mol. The summed E-state index contributed by atoms with van der Waals surface area (Å²) in [4.78, 5) is 6.75. The molecule has 0 N–H and O–H groups in total. The zero-order valence-corrected chi connectivity index (χ0v) is 17.8. The summed E-state index contributed by atoms with van der Waals surface area (Å²) < 4.78 is 0. The largest absolute Gasteiger partial charge is 0.344 e. The zero-order chi connectivity index (χ0) is 21.2. The lowest BCUT2D eigenvalue weighted by molar-refractivity contribution is 1.20. The standard InChI is InChI=1S/C29H24N2/c1-21-13-14-25(22-15-17-24(18-16-22)27-11-5-6-19-30-27)20-29(21)31(2)28-12-7-9-23-8-3-4-10-26(23)28/h3-20H,1-2H3. The van der Waals surface area contributed by atoms with Gasteiger partial charge in [-0.15, -0.1) is 0 Å². The smallest absolute Gasteiger partial charge is 0.0701 e. The number of fused-ring (bicyclic) bond motifs is 1. The van der Waals surface area contributed by atoms with E-state index in [4.69, 9.17) is 0 Å². The number of anilines is 2. The molecule has 1 heterocycles. The lowest BCUT2D eigenvalue weighted by atomic mass is 9.99. The molecule has 0 saturated heterocycles. The first kappa shape index (κ1) is 19.1. The first-order chi connectivity index (χ1) is 15.2. The molecular weight excluding hydrogens is 376 g/mol. The summed E-state index contributed by atoms with van der Waals surface area (Å²) in [6.45, 7) is 2.17. The van der Waals surface area contributed by atoms with Gasteiger partial charge >= 0.3 is 0 Å². The predicted molar refractivity (Wildman–Crippen MR) is 132 cm³/mol. The molecule has 5 aromatic rings. The normalized spacial score (nSPS) is 10.9. The van der Waals surface area contributed by atoms with Crippen LogP contribution in [0.15, 0.2) is 109 Å².